The van der Waals surface area contributed by atoms with Gasteiger partial charge in [0.25, 0.3) is 0 Å². The van der Waals surface area contributed by atoms with E-state index in [2.05, 4.69) is 30.1 Å². The quantitative estimate of drug-likeness (QED) is 0.221. The normalized spacial score (nSPS) is 11.7. The van der Waals surface area contributed by atoms with Crippen LogP contribution in [0.3, 0.4) is 0 Å². The maximum Gasteiger partial charge on any atom is 0.224 e. The molecular weight excluding hydrogens is 459 g/mol. The number of carbonyl (C=O) groups excluding carboxylic acids is 1. The van der Waals surface area contributed by atoms with Gasteiger partial charge in [-0.3, -0.25) is 4.79 Å². The Bertz CT molecular complexity index is 1080. The summed E-state index contributed by atoms with van der Waals surface area (Å²) in [4.78, 5) is 12.7. The molecule has 3 rings (SSSR count). The molecule has 0 saturated heterocycles. The molecule has 0 fully saturated rings. The molecule has 0 N–H and O–H groups in total. The fraction of sp³-hybridized carbons (Fsp3) is 0.120. The molecule has 2 nitrogen and oxygen atoms in total. The molecule has 3 aromatic carbocycles. The molecule has 0 atom stereocenters. The van der Waals surface area contributed by atoms with Gasteiger partial charge in [0, 0.05) is 16.5 Å². The van der Waals surface area contributed by atoms with E-state index in [1.165, 1.54) is 11.8 Å². The van der Waals surface area contributed by atoms with E-state index in [0.29, 0.717) is 16.6 Å². The van der Waals surface area contributed by atoms with Crippen molar-refractivity contribution in [3.8, 4) is 0 Å². The monoisotopic (exact) mass is 482 g/mol. The van der Waals surface area contributed by atoms with Gasteiger partial charge in [0.1, 0.15) is 0 Å². The van der Waals surface area contributed by atoms with Crippen LogP contribution in [-0.4, -0.2) is 16.8 Å². The Labute approximate surface area is 198 Å². The SMILES string of the molecule is CCOC(=S)S/C(=C/P(=S)(c1ccccc1)c1ccccc1)c1ccc(C(C)=O)cc1. The smallest absolute Gasteiger partial charge is 0.224 e. The van der Waals surface area contributed by atoms with E-state index >= 15 is 0 Å². The minimum absolute atomic E-state index is 0.0354. The molecule has 0 aliphatic carbocycles. The zero-order chi connectivity index (χ0) is 22.3. The van der Waals surface area contributed by atoms with Gasteiger partial charge in [0.15, 0.2) is 5.78 Å². The van der Waals surface area contributed by atoms with E-state index in [1.54, 1.807) is 6.92 Å². The number of hydrogen-bond acceptors (Lipinski definition) is 5. The van der Waals surface area contributed by atoms with Gasteiger partial charge >= 0.3 is 0 Å². The highest BCUT2D eigenvalue weighted by atomic mass is 32.4. The van der Waals surface area contributed by atoms with E-state index in [0.717, 1.165) is 21.1 Å². The van der Waals surface area contributed by atoms with Crippen molar-refractivity contribution in [3.63, 3.8) is 0 Å². The van der Waals surface area contributed by atoms with Crippen molar-refractivity contribution in [1.82, 2.24) is 0 Å². The third-order valence-electron chi connectivity index (χ3n) is 4.61. The molecule has 0 amide bonds. The summed E-state index contributed by atoms with van der Waals surface area (Å²) in [6, 6.07) is 25.7. The van der Waals surface area contributed by atoms with Crippen molar-refractivity contribution in [1.29, 1.82) is 0 Å². The number of thiocarbonyl (C=S) groups is 1. The van der Waals surface area contributed by atoms with Gasteiger partial charge in [0.05, 0.1) is 6.61 Å². The maximum atomic E-state index is 11.7. The van der Waals surface area contributed by atoms with E-state index in [4.69, 9.17) is 28.8 Å². The van der Waals surface area contributed by atoms with Crippen molar-refractivity contribution in [2.45, 2.75) is 13.8 Å². The van der Waals surface area contributed by atoms with Gasteiger partial charge in [-0.05, 0) is 59.8 Å². The van der Waals surface area contributed by atoms with E-state index in [-0.39, 0.29) is 5.78 Å². The first-order valence-corrected chi connectivity index (χ1v) is 13.9. The first-order valence-electron chi connectivity index (χ1n) is 9.84. The largest absolute Gasteiger partial charge is 0.479 e. The highest BCUT2D eigenvalue weighted by molar-refractivity contribution is 8.30. The van der Waals surface area contributed by atoms with Crippen LogP contribution in [0.25, 0.3) is 4.91 Å². The third-order valence-corrected chi connectivity index (χ3v) is 10.3. The lowest BCUT2D eigenvalue weighted by molar-refractivity contribution is 0.101. The molecule has 0 aliphatic rings. The molecule has 0 heterocycles. The Kier molecular flexibility index (Phi) is 8.39. The van der Waals surface area contributed by atoms with Crippen molar-refractivity contribution in [3.05, 3.63) is 102 Å². The summed E-state index contributed by atoms with van der Waals surface area (Å²) in [5, 5.41) is 2.22. The summed E-state index contributed by atoms with van der Waals surface area (Å²) in [5.74, 6) is 2.21. The van der Waals surface area contributed by atoms with Crippen molar-refractivity contribution >= 4 is 67.5 Å². The average molecular weight is 483 g/mol. The Morgan fingerprint density at radius 2 is 1.39 bits per heavy atom. The Hall–Kier alpha value is -2.04. The summed E-state index contributed by atoms with van der Waals surface area (Å²) < 4.78 is 6.01. The molecule has 0 aliphatic heterocycles. The van der Waals surface area contributed by atoms with Crippen LogP contribution in [0.1, 0.15) is 29.8 Å². The van der Waals surface area contributed by atoms with Crippen LogP contribution in [0.5, 0.6) is 0 Å². The number of Topliss-reactive ketones (excluding diaryl/α,β-unsaturated/α-hetero) is 1. The first kappa shape index (κ1) is 23.6. The molecule has 31 heavy (non-hydrogen) atoms. The van der Waals surface area contributed by atoms with Crippen LogP contribution in [0, 0.1) is 0 Å². The van der Waals surface area contributed by atoms with Gasteiger partial charge in [-0.1, -0.05) is 96.7 Å². The number of carbonyl (C=O) groups is 1. The number of ketones is 1. The fourth-order valence-corrected chi connectivity index (χ4v) is 8.26. The van der Waals surface area contributed by atoms with Crippen LogP contribution in [0.2, 0.25) is 0 Å². The maximum absolute atomic E-state index is 11.7. The lowest BCUT2D eigenvalue weighted by Crippen LogP contribution is -2.14. The molecule has 0 radical (unpaired) electrons. The molecule has 0 unspecified atom stereocenters. The molecule has 0 bridgehead atoms. The Balaban J connectivity index is 2.18. The van der Waals surface area contributed by atoms with E-state index < -0.39 is 6.04 Å². The number of benzene rings is 3. The highest BCUT2D eigenvalue weighted by Gasteiger charge is 2.22. The predicted octanol–water partition coefficient (Wildman–Crippen LogP) is 6.37. The zero-order valence-corrected chi connectivity index (χ0v) is 20.7. The van der Waals surface area contributed by atoms with Gasteiger partial charge in [-0.2, -0.15) is 0 Å². The van der Waals surface area contributed by atoms with Crippen LogP contribution < -0.4 is 10.6 Å². The minimum atomic E-state index is -2.28. The van der Waals surface area contributed by atoms with Crippen LogP contribution in [-0.2, 0) is 16.5 Å². The number of rotatable bonds is 7. The van der Waals surface area contributed by atoms with Crippen LogP contribution in [0.4, 0.5) is 0 Å². The van der Waals surface area contributed by atoms with E-state index in [1.807, 2.05) is 67.6 Å². The summed E-state index contributed by atoms with van der Waals surface area (Å²) in [5.41, 5.74) is 1.63. The molecule has 3 aromatic rings. The lowest BCUT2D eigenvalue weighted by Gasteiger charge is -2.22. The predicted molar refractivity (Wildman–Crippen MR) is 143 cm³/mol. The molecule has 0 saturated carbocycles. The molecule has 6 heteroatoms. The fourth-order valence-electron chi connectivity index (χ4n) is 3.03. The summed E-state index contributed by atoms with van der Waals surface area (Å²) >= 11 is 13.2. The topological polar surface area (TPSA) is 26.3 Å². The van der Waals surface area contributed by atoms with Gasteiger partial charge in [0.2, 0.25) is 4.38 Å². The third kappa shape index (κ3) is 6.02. The number of hydrogen-bond donors (Lipinski definition) is 0. The summed E-state index contributed by atoms with van der Waals surface area (Å²) in [6.45, 7) is 3.99. The molecule has 158 valence electrons. The lowest BCUT2D eigenvalue weighted by atomic mass is 10.1. The van der Waals surface area contributed by atoms with Crippen molar-refractivity contribution in [2.24, 2.45) is 0 Å². The van der Waals surface area contributed by atoms with Crippen LogP contribution >= 0.6 is 30.0 Å². The standard InChI is InChI=1S/C25H23O2PS3/c1-3-27-25(29)31-24(21-16-14-20(15-17-21)19(2)26)18-28(30,22-10-6-4-7-11-22)23-12-8-5-9-13-23/h4-18H,3H2,1-2H3/b24-18+. The molecule has 0 spiro atoms. The van der Waals surface area contributed by atoms with Gasteiger partial charge < -0.3 is 4.74 Å². The summed E-state index contributed by atoms with van der Waals surface area (Å²) in [7, 11) is 0. The van der Waals surface area contributed by atoms with Crippen molar-refractivity contribution < 1.29 is 9.53 Å². The van der Waals surface area contributed by atoms with Crippen LogP contribution in [0.15, 0.2) is 90.7 Å². The number of thioether (sulfide) groups is 1. The zero-order valence-electron chi connectivity index (χ0n) is 17.4. The van der Waals surface area contributed by atoms with Gasteiger partial charge in [-0.25, -0.2) is 0 Å². The van der Waals surface area contributed by atoms with Crippen molar-refractivity contribution in [2.75, 3.05) is 6.61 Å². The Morgan fingerprint density at radius 3 is 1.84 bits per heavy atom. The second-order valence-corrected chi connectivity index (χ2v) is 12.7. The summed E-state index contributed by atoms with van der Waals surface area (Å²) in [6.07, 6.45) is 0. The van der Waals surface area contributed by atoms with Gasteiger partial charge in [-0.15, -0.1) is 0 Å². The first-order chi connectivity index (χ1) is 14.9. The minimum Gasteiger partial charge on any atom is -0.479 e. The highest BCUT2D eigenvalue weighted by Crippen LogP contribution is 2.50. The average Bonchev–Trinajstić information content (AvgIpc) is 2.80. The molecular formula is C25H23O2PS3. The molecule has 0 aromatic heterocycles. The van der Waals surface area contributed by atoms with E-state index in [9.17, 15) is 4.79 Å². The second kappa shape index (κ2) is 11.0. The second-order valence-electron chi connectivity index (χ2n) is 6.74. The Morgan fingerprint density at radius 1 is 0.903 bits per heavy atom. The number of ether oxygens (including phenoxy) is 1.